The van der Waals surface area contributed by atoms with Gasteiger partial charge in [0.15, 0.2) is 0 Å². The van der Waals surface area contributed by atoms with E-state index in [9.17, 15) is 23.9 Å². The summed E-state index contributed by atoms with van der Waals surface area (Å²) in [6.07, 6.45) is 0.577. The van der Waals surface area contributed by atoms with Crippen LogP contribution in [-0.4, -0.2) is 46.4 Å². The Morgan fingerprint density at radius 2 is 2.07 bits per heavy atom. The number of nitrogens with two attached hydrogens (primary N) is 1. The van der Waals surface area contributed by atoms with Crippen molar-refractivity contribution in [3.8, 4) is 0 Å². The van der Waals surface area contributed by atoms with Crippen LogP contribution in [0.5, 0.6) is 0 Å². The van der Waals surface area contributed by atoms with Gasteiger partial charge in [0.2, 0.25) is 17.4 Å². The number of nitrogens with zero attached hydrogens (tertiary/aromatic N) is 1. The molecule has 0 radical (unpaired) electrons. The second-order valence-corrected chi connectivity index (χ2v) is 7.68. The number of carbonyl (C=O) groups is 3. The highest BCUT2D eigenvalue weighted by atomic mass is 19.1. The molecule has 8 heteroatoms. The molecule has 0 saturated carbocycles. The molecule has 1 spiro atoms. The summed E-state index contributed by atoms with van der Waals surface area (Å²) in [5.74, 6) is -3.49. The third kappa shape index (κ3) is 2.29. The van der Waals surface area contributed by atoms with Crippen molar-refractivity contribution in [1.82, 2.24) is 4.90 Å². The Hall–Kier alpha value is -2.32. The first kappa shape index (κ1) is 18.1. The number of nitrogens with one attached hydrogen (secondary N) is 1. The first-order valence-electron chi connectivity index (χ1n) is 9.33. The van der Waals surface area contributed by atoms with Crippen LogP contribution < -0.4 is 10.6 Å². The molecule has 0 bridgehead atoms. The minimum absolute atomic E-state index is 0.293. The third-order valence-corrected chi connectivity index (χ3v) is 6.15. The normalized spacial score (nSPS) is 32.8. The van der Waals surface area contributed by atoms with Crippen molar-refractivity contribution in [2.24, 2.45) is 11.8 Å². The van der Waals surface area contributed by atoms with Crippen LogP contribution >= 0.6 is 0 Å². The number of halogens is 1. The smallest absolute Gasteiger partial charge is 0.291 e. The molecular weight excluding hydrogens is 353 g/mol. The molecule has 1 aromatic carbocycles. The van der Waals surface area contributed by atoms with Gasteiger partial charge in [-0.15, -0.1) is 0 Å². The number of unbranched alkanes of at least 4 members (excludes halogenated alkanes) is 1. The molecule has 0 unspecified atom stereocenters. The number of imide groups is 1. The fourth-order valence-electron chi connectivity index (χ4n) is 4.89. The Morgan fingerprint density at radius 3 is 2.74 bits per heavy atom. The molecule has 27 heavy (non-hydrogen) atoms. The summed E-state index contributed by atoms with van der Waals surface area (Å²) in [5, 5.41) is 14.6. The fourth-order valence-corrected chi connectivity index (χ4v) is 4.89. The van der Waals surface area contributed by atoms with Gasteiger partial charge in [0.1, 0.15) is 29.8 Å². The number of rotatable bonds is 4. The standard InChI is InChI=1S/C19H22FN3O4/c1-3-4-7-23-16(25)13-14(17(23)26)19(22-15(13)9(2)24)11-8-10(20)5-6-12(11)21-18(19)27/h5-6,8-9,13-15,22,24H,3-4,7H2,1-2H3,(H,21,27)/p+1/t9-,13+,14+,15-,19-/m1/s1. The van der Waals surface area contributed by atoms with Crippen LogP contribution in [0.3, 0.4) is 0 Å². The number of hydrogen-bond donors (Lipinski definition) is 3. The number of aliphatic hydroxyl groups is 1. The van der Waals surface area contributed by atoms with E-state index < -0.39 is 47.2 Å². The number of aliphatic hydroxyl groups excluding tert-OH is 1. The monoisotopic (exact) mass is 376 g/mol. The molecular formula is C19H23FN3O4+. The molecule has 2 fully saturated rings. The van der Waals surface area contributed by atoms with Crippen molar-refractivity contribution >= 4 is 23.4 Å². The maximum atomic E-state index is 14.0. The summed E-state index contributed by atoms with van der Waals surface area (Å²) in [6.45, 7) is 3.80. The summed E-state index contributed by atoms with van der Waals surface area (Å²) in [6, 6.07) is 3.30. The van der Waals surface area contributed by atoms with Crippen molar-refractivity contribution in [2.45, 2.75) is 44.4 Å². The Labute approximate surface area is 155 Å². The van der Waals surface area contributed by atoms with Crippen LogP contribution in [0.25, 0.3) is 0 Å². The highest BCUT2D eigenvalue weighted by molar-refractivity contribution is 6.13. The summed E-state index contributed by atoms with van der Waals surface area (Å²) in [4.78, 5) is 40.5. The van der Waals surface area contributed by atoms with Crippen LogP contribution in [0.15, 0.2) is 18.2 Å². The molecule has 0 aliphatic carbocycles. The molecule has 144 valence electrons. The lowest BCUT2D eigenvalue weighted by Gasteiger charge is -2.27. The Morgan fingerprint density at radius 1 is 1.33 bits per heavy atom. The lowest BCUT2D eigenvalue weighted by atomic mass is 9.76. The zero-order valence-electron chi connectivity index (χ0n) is 15.2. The minimum Gasteiger partial charge on any atom is -0.387 e. The highest BCUT2D eigenvalue weighted by Gasteiger charge is 2.74. The molecule has 4 rings (SSSR count). The van der Waals surface area contributed by atoms with Gasteiger partial charge < -0.3 is 15.7 Å². The van der Waals surface area contributed by atoms with E-state index in [0.717, 1.165) is 6.42 Å². The molecule has 7 nitrogen and oxygen atoms in total. The number of carbonyl (C=O) groups excluding carboxylic acids is 3. The van der Waals surface area contributed by atoms with Crippen LogP contribution in [0.1, 0.15) is 32.3 Å². The SMILES string of the molecule is CCCCN1C(=O)[C@@H]2[C@@H]([C@@H](C)O)[NH2+][C@@]3(C(=O)Nc4ccc(F)cc43)[C@@H]2C1=O. The van der Waals surface area contributed by atoms with Gasteiger partial charge in [0.25, 0.3) is 5.91 Å². The maximum Gasteiger partial charge on any atom is 0.291 e. The van der Waals surface area contributed by atoms with Gasteiger partial charge in [-0.3, -0.25) is 19.3 Å². The van der Waals surface area contributed by atoms with Crippen molar-refractivity contribution in [3.05, 3.63) is 29.6 Å². The highest BCUT2D eigenvalue weighted by Crippen LogP contribution is 2.49. The average molecular weight is 376 g/mol. The minimum atomic E-state index is -1.43. The lowest BCUT2D eigenvalue weighted by molar-refractivity contribution is -0.738. The van der Waals surface area contributed by atoms with E-state index in [1.807, 2.05) is 6.92 Å². The molecule has 0 aromatic heterocycles. The molecule has 3 heterocycles. The Bertz CT molecular complexity index is 842. The largest absolute Gasteiger partial charge is 0.387 e. The number of anilines is 1. The first-order valence-corrected chi connectivity index (χ1v) is 9.33. The number of quaternary nitrogens is 1. The van der Waals surface area contributed by atoms with Crippen LogP contribution in [-0.2, 0) is 19.9 Å². The van der Waals surface area contributed by atoms with Gasteiger partial charge in [-0.2, -0.15) is 0 Å². The van der Waals surface area contributed by atoms with E-state index in [1.165, 1.54) is 23.1 Å². The number of likely N-dealkylation sites (tertiary alicyclic amines) is 1. The topological polar surface area (TPSA) is 103 Å². The molecule has 3 aliphatic heterocycles. The van der Waals surface area contributed by atoms with Crippen molar-refractivity contribution < 1.29 is 29.2 Å². The second-order valence-electron chi connectivity index (χ2n) is 7.68. The van der Waals surface area contributed by atoms with Crippen molar-refractivity contribution in [2.75, 3.05) is 11.9 Å². The Balaban J connectivity index is 1.86. The molecule has 4 N–H and O–H groups in total. The first-order chi connectivity index (χ1) is 12.8. The van der Waals surface area contributed by atoms with Gasteiger partial charge in [0.05, 0.1) is 5.69 Å². The van der Waals surface area contributed by atoms with E-state index in [2.05, 4.69) is 5.32 Å². The van der Waals surface area contributed by atoms with Gasteiger partial charge >= 0.3 is 0 Å². The quantitative estimate of drug-likeness (QED) is 0.628. The van der Waals surface area contributed by atoms with Crippen molar-refractivity contribution in [1.29, 1.82) is 0 Å². The van der Waals surface area contributed by atoms with E-state index in [4.69, 9.17) is 0 Å². The number of fused-ring (bicyclic) bond motifs is 4. The molecule has 3 aliphatic rings. The molecule has 1 aromatic rings. The zero-order valence-corrected chi connectivity index (χ0v) is 15.2. The third-order valence-electron chi connectivity index (χ3n) is 6.15. The predicted octanol–water partition coefficient (Wildman–Crippen LogP) is -0.299. The number of hydrogen-bond acceptors (Lipinski definition) is 4. The predicted molar refractivity (Wildman–Crippen MR) is 92.7 cm³/mol. The number of benzene rings is 1. The van der Waals surface area contributed by atoms with E-state index in [0.29, 0.717) is 24.2 Å². The van der Waals surface area contributed by atoms with E-state index >= 15 is 0 Å². The lowest BCUT2D eigenvalue weighted by Crippen LogP contribution is -3.00. The molecule has 5 atom stereocenters. The zero-order chi connectivity index (χ0) is 19.5. The summed E-state index contributed by atoms with van der Waals surface area (Å²) in [5.41, 5.74) is -0.628. The summed E-state index contributed by atoms with van der Waals surface area (Å²) >= 11 is 0. The van der Waals surface area contributed by atoms with Crippen molar-refractivity contribution in [3.63, 3.8) is 0 Å². The maximum absolute atomic E-state index is 14.0. The average Bonchev–Trinajstić information content (AvgIpc) is 3.20. The summed E-state index contributed by atoms with van der Waals surface area (Å²) in [7, 11) is 0. The van der Waals surface area contributed by atoms with Gasteiger partial charge in [0, 0.05) is 12.1 Å². The Kier molecular flexibility index (Phi) is 4.08. The van der Waals surface area contributed by atoms with Crippen LogP contribution in [0.4, 0.5) is 10.1 Å². The summed E-state index contributed by atoms with van der Waals surface area (Å²) < 4.78 is 14.0. The van der Waals surface area contributed by atoms with E-state index in [-0.39, 0.29) is 5.91 Å². The number of amides is 3. The van der Waals surface area contributed by atoms with Crippen LogP contribution in [0.2, 0.25) is 0 Å². The van der Waals surface area contributed by atoms with Gasteiger partial charge in [-0.05, 0) is 31.5 Å². The fraction of sp³-hybridized carbons (Fsp3) is 0.526. The molecule has 2 saturated heterocycles. The van der Waals surface area contributed by atoms with Crippen LogP contribution in [0, 0.1) is 17.7 Å². The van der Waals surface area contributed by atoms with Gasteiger partial charge in [-0.25, -0.2) is 4.39 Å². The van der Waals surface area contributed by atoms with Gasteiger partial charge in [-0.1, -0.05) is 13.3 Å². The van der Waals surface area contributed by atoms with E-state index in [1.54, 1.807) is 12.2 Å². The second kappa shape index (κ2) is 6.10. The molecule has 3 amide bonds.